The van der Waals surface area contributed by atoms with Gasteiger partial charge in [-0.15, -0.1) is 0 Å². The van der Waals surface area contributed by atoms with Crippen molar-refractivity contribution in [2.75, 3.05) is 0 Å². The summed E-state index contributed by atoms with van der Waals surface area (Å²) in [6.45, 7) is 0. The van der Waals surface area contributed by atoms with Gasteiger partial charge >= 0.3 is 23.7 Å². The van der Waals surface area contributed by atoms with Crippen LogP contribution in [0.5, 0.6) is 0 Å². The van der Waals surface area contributed by atoms with Gasteiger partial charge in [0, 0.05) is 0 Å². The normalized spacial score (nSPS) is 39.3. The van der Waals surface area contributed by atoms with Crippen molar-refractivity contribution in [1.82, 2.24) is 0 Å². The molecule has 0 spiro atoms. The van der Waals surface area contributed by atoms with Crippen molar-refractivity contribution in [1.29, 1.82) is 0 Å². The van der Waals surface area contributed by atoms with Crippen LogP contribution in [-0.4, -0.2) is 33.2 Å². The largest absolute Gasteiger partial charge is 0.383 e. The van der Waals surface area contributed by atoms with E-state index in [0.717, 1.165) is 0 Å². The first-order chi connectivity index (χ1) is 7.50. The summed E-state index contributed by atoms with van der Waals surface area (Å²) < 4.78 is 111. The quantitative estimate of drug-likeness (QED) is 0.442. The van der Waals surface area contributed by atoms with Crippen molar-refractivity contribution < 1.29 is 39.5 Å². The predicted octanol–water partition coefficient (Wildman–Crippen LogP) is 4.62. The van der Waals surface area contributed by atoms with Crippen LogP contribution in [-0.2, 0) is 0 Å². The molecule has 0 amide bonds. The molecular weight excluding hydrogens is 349 g/mol. The third-order valence-electron chi connectivity index (χ3n) is 2.37. The second-order valence-corrected chi connectivity index (χ2v) is 5.29. The lowest BCUT2D eigenvalue weighted by molar-refractivity contribution is -0.416. The number of alkyl halides is 12. The van der Waals surface area contributed by atoms with Gasteiger partial charge in [0.25, 0.3) is 5.13 Å². The van der Waals surface area contributed by atoms with E-state index in [4.69, 9.17) is 0 Å². The zero-order valence-electron chi connectivity index (χ0n) is 7.54. The highest BCUT2D eigenvalue weighted by atomic mass is 35.5. The molecule has 1 rings (SSSR count). The van der Waals surface area contributed by atoms with Crippen molar-refractivity contribution >= 4 is 34.8 Å². The molecule has 0 nitrogen and oxygen atoms in total. The summed E-state index contributed by atoms with van der Waals surface area (Å²) in [5.41, 5.74) is 0. The highest BCUT2D eigenvalue weighted by Crippen LogP contribution is 2.71. The second-order valence-electron chi connectivity index (χ2n) is 3.45. The van der Waals surface area contributed by atoms with Crippen LogP contribution >= 0.6 is 34.8 Å². The predicted molar refractivity (Wildman–Crippen MR) is 43.9 cm³/mol. The first-order valence-electron chi connectivity index (χ1n) is 3.77. The monoisotopic (exact) mass is 348 g/mol. The average Bonchev–Trinajstić information content (AvgIpc) is 2.14. The van der Waals surface area contributed by atoms with Crippen LogP contribution in [0.4, 0.5) is 39.5 Å². The number of hydrogen-bond acceptors (Lipinski definition) is 0. The van der Waals surface area contributed by atoms with Crippen LogP contribution in [0.1, 0.15) is 0 Å². The smallest absolute Gasteiger partial charge is 0.215 e. The van der Waals surface area contributed by atoms with E-state index >= 15 is 0 Å². The summed E-state index contributed by atoms with van der Waals surface area (Å²) in [5.74, 6) is -26.2. The standard InChI is InChI=1S/C6Cl3F9/c7-1(8)2(9,10)4(13,14)6(17,18)5(15,16)3(1,11)12. The second kappa shape index (κ2) is 3.46. The summed E-state index contributed by atoms with van der Waals surface area (Å²) in [5, 5.41) is -5.52. The maximum Gasteiger partial charge on any atom is 0.383 e. The van der Waals surface area contributed by atoms with Crippen LogP contribution in [0.15, 0.2) is 0 Å². The molecule has 1 aliphatic carbocycles. The van der Waals surface area contributed by atoms with Gasteiger partial charge in [0.1, 0.15) is 0 Å². The third-order valence-corrected chi connectivity index (χ3v) is 4.08. The Morgan fingerprint density at radius 2 is 0.722 bits per heavy atom. The van der Waals surface area contributed by atoms with E-state index in [2.05, 4.69) is 34.8 Å². The molecule has 12 heteroatoms. The van der Waals surface area contributed by atoms with E-state index < -0.39 is 33.2 Å². The molecule has 0 saturated heterocycles. The van der Waals surface area contributed by atoms with Crippen LogP contribution in [0.2, 0.25) is 0 Å². The Hall–Kier alpha value is 0.240. The Morgan fingerprint density at radius 3 is 1.06 bits per heavy atom. The van der Waals surface area contributed by atoms with E-state index in [9.17, 15) is 39.5 Å². The Labute approximate surface area is 108 Å². The molecule has 0 aromatic heterocycles. The van der Waals surface area contributed by atoms with Gasteiger partial charge in [-0.25, -0.2) is 4.39 Å². The van der Waals surface area contributed by atoms with Crippen LogP contribution in [0, 0.1) is 0 Å². The molecule has 0 bridgehead atoms. The Kier molecular flexibility index (Phi) is 3.13. The number of hydrogen-bond donors (Lipinski definition) is 0. The zero-order valence-corrected chi connectivity index (χ0v) is 9.80. The van der Waals surface area contributed by atoms with E-state index in [0.29, 0.717) is 0 Å². The lowest BCUT2D eigenvalue weighted by atomic mass is 9.83. The van der Waals surface area contributed by atoms with Gasteiger partial charge in [-0.05, 0) is 0 Å². The fourth-order valence-corrected chi connectivity index (χ4v) is 1.90. The zero-order chi connectivity index (χ0) is 15.0. The molecule has 108 valence electrons. The van der Waals surface area contributed by atoms with Gasteiger partial charge in [0.05, 0.1) is 0 Å². The third kappa shape index (κ3) is 1.28. The van der Waals surface area contributed by atoms with Crippen LogP contribution < -0.4 is 0 Å². The number of halogens is 12. The van der Waals surface area contributed by atoms with Crippen molar-refractivity contribution in [2.45, 2.75) is 33.2 Å². The summed E-state index contributed by atoms with van der Waals surface area (Å²) >= 11 is 12.9. The fraction of sp³-hybridized carbons (Fsp3) is 1.00. The van der Waals surface area contributed by atoms with Crippen LogP contribution in [0.3, 0.4) is 0 Å². The first-order valence-corrected chi connectivity index (χ1v) is 4.90. The van der Waals surface area contributed by atoms with Gasteiger partial charge in [0.2, 0.25) is 4.33 Å². The summed E-state index contributed by atoms with van der Waals surface area (Å²) in [6, 6.07) is 0. The molecule has 0 N–H and O–H groups in total. The molecule has 1 atom stereocenters. The first kappa shape index (κ1) is 16.3. The Balaban J connectivity index is 3.72. The molecule has 0 aromatic rings. The Bertz CT molecular complexity index is 257. The van der Waals surface area contributed by atoms with Crippen molar-refractivity contribution in [3.8, 4) is 0 Å². The summed E-state index contributed by atoms with van der Waals surface area (Å²) in [6.07, 6.45) is 0. The van der Waals surface area contributed by atoms with Crippen molar-refractivity contribution in [3.05, 3.63) is 0 Å². The maximum absolute atomic E-state index is 13.2. The molecule has 0 heterocycles. The molecule has 18 heavy (non-hydrogen) atoms. The molecule has 1 unspecified atom stereocenters. The molecule has 1 saturated carbocycles. The molecule has 0 aromatic carbocycles. The van der Waals surface area contributed by atoms with Crippen molar-refractivity contribution in [2.24, 2.45) is 0 Å². The molecule has 1 fully saturated rings. The molecule has 1 aliphatic rings. The van der Waals surface area contributed by atoms with Crippen LogP contribution in [0.25, 0.3) is 0 Å². The van der Waals surface area contributed by atoms with Gasteiger partial charge in [-0.1, -0.05) is 34.8 Å². The van der Waals surface area contributed by atoms with E-state index in [1.807, 2.05) is 0 Å². The molecule has 0 radical (unpaired) electrons. The van der Waals surface area contributed by atoms with Gasteiger partial charge in [0.15, 0.2) is 0 Å². The summed E-state index contributed by atoms with van der Waals surface area (Å²) in [4.78, 5) is 0. The highest BCUT2D eigenvalue weighted by molar-refractivity contribution is 6.54. The molecular formula is C6Cl3F9. The highest BCUT2D eigenvalue weighted by Gasteiger charge is 2.98. The van der Waals surface area contributed by atoms with Gasteiger partial charge in [-0.3, -0.25) is 0 Å². The van der Waals surface area contributed by atoms with E-state index in [-0.39, 0.29) is 0 Å². The average molecular weight is 349 g/mol. The SMILES string of the molecule is FC1(F)C(F)(F)C(F)(F)C(Cl)(Cl)C(F)(Cl)C1(F)F. The maximum atomic E-state index is 13.2. The molecule has 0 aliphatic heterocycles. The Morgan fingerprint density at radius 1 is 0.444 bits per heavy atom. The lowest BCUT2D eigenvalue weighted by Gasteiger charge is -2.52. The lowest BCUT2D eigenvalue weighted by Crippen LogP contribution is -2.81. The fourth-order valence-electron chi connectivity index (χ4n) is 1.18. The van der Waals surface area contributed by atoms with E-state index in [1.54, 1.807) is 0 Å². The van der Waals surface area contributed by atoms with E-state index in [1.165, 1.54) is 0 Å². The van der Waals surface area contributed by atoms with Gasteiger partial charge in [-0.2, -0.15) is 35.1 Å². The topological polar surface area (TPSA) is 0 Å². The summed E-state index contributed by atoms with van der Waals surface area (Å²) in [7, 11) is 0. The van der Waals surface area contributed by atoms with Crippen molar-refractivity contribution in [3.63, 3.8) is 0 Å². The van der Waals surface area contributed by atoms with Gasteiger partial charge < -0.3 is 0 Å². The minimum atomic E-state index is -6.80. The minimum absolute atomic E-state index is 4.18. The minimum Gasteiger partial charge on any atom is -0.215 e. The number of rotatable bonds is 0.